The van der Waals surface area contributed by atoms with Crippen molar-refractivity contribution < 1.29 is 14.3 Å². The number of piperidine rings is 1. The monoisotopic (exact) mass is 414 g/mol. The second-order valence-corrected chi connectivity index (χ2v) is 8.49. The number of hydrogen-bond donors (Lipinski definition) is 2. The lowest BCUT2D eigenvalue weighted by atomic mass is 9.75. The molecule has 0 radical (unpaired) electrons. The molecule has 2 aromatic rings. The highest BCUT2D eigenvalue weighted by Crippen LogP contribution is 2.38. The number of halogens is 1. The van der Waals surface area contributed by atoms with E-state index in [-0.39, 0.29) is 11.7 Å². The number of aromatic nitrogens is 1. The van der Waals surface area contributed by atoms with Gasteiger partial charge in [-0.2, -0.15) is 0 Å². The topological polar surface area (TPSA) is 82.7 Å². The molecule has 1 aliphatic heterocycles. The van der Waals surface area contributed by atoms with E-state index in [2.05, 4.69) is 14.8 Å². The Morgan fingerprint density at radius 3 is 2.87 bits per heavy atom. The molecule has 0 spiro atoms. The van der Waals surface area contributed by atoms with Gasteiger partial charge >= 0.3 is 0 Å². The van der Waals surface area contributed by atoms with Gasteiger partial charge in [-0.05, 0) is 69.2 Å². The van der Waals surface area contributed by atoms with E-state index >= 15 is 0 Å². The first kappa shape index (κ1) is 22.3. The first-order valence-electron chi connectivity index (χ1n) is 10.4. The Morgan fingerprint density at radius 1 is 1.37 bits per heavy atom. The largest absolute Gasteiger partial charge is 0.385 e. The Labute approximate surface area is 177 Å². The number of carbonyl (C=O) groups is 1. The van der Waals surface area contributed by atoms with E-state index in [4.69, 9.17) is 5.73 Å². The van der Waals surface area contributed by atoms with E-state index in [0.29, 0.717) is 12.0 Å². The third kappa shape index (κ3) is 5.41. The first-order valence-corrected chi connectivity index (χ1v) is 10.4. The van der Waals surface area contributed by atoms with Gasteiger partial charge in [0.2, 0.25) is 5.91 Å². The van der Waals surface area contributed by atoms with Crippen molar-refractivity contribution in [2.45, 2.75) is 24.9 Å². The minimum absolute atomic E-state index is 0.0137. The van der Waals surface area contributed by atoms with Crippen LogP contribution in [-0.2, 0) is 12.0 Å². The Balaban J connectivity index is 1.69. The number of benzene rings is 1. The van der Waals surface area contributed by atoms with Crippen LogP contribution >= 0.6 is 0 Å². The molecule has 3 rings (SSSR count). The van der Waals surface area contributed by atoms with Crippen LogP contribution in [0.4, 0.5) is 4.39 Å². The quantitative estimate of drug-likeness (QED) is 0.691. The maximum absolute atomic E-state index is 13.3. The number of carbonyl (C=O) groups excluding carboxylic acids is 1. The van der Waals surface area contributed by atoms with Crippen LogP contribution in [0.15, 0.2) is 42.7 Å². The number of nitrogens with two attached hydrogens (primary N) is 1. The molecule has 1 amide bonds. The Bertz CT molecular complexity index is 876. The minimum atomic E-state index is -1.02. The van der Waals surface area contributed by atoms with Gasteiger partial charge in [0.05, 0.1) is 11.8 Å². The molecule has 0 unspecified atom stereocenters. The van der Waals surface area contributed by atoms with Crippen molar-refractivity contribution in [3.8, 4) is 0 Å². The van der Waals surface area contributed by atoms with Gasteiger partial charge in [-0.1, -0.05) is 12.1 Å². The van der Waals surface area contributed by atoms with E-state index in [1.165, 1.54) is 12.3 Å². The Hall–Kier alpha value is -2.35. The van der Waals surface area contributed by atoms with Gasteiger partial charge in [-0.25, -0.2) is 4.39 Å². The summed E-state index contributed by atoms with van der Waals surface area (Å²) in [6, 6.07) is 8.58. The fraction of sp³-hybridized carbons (Fsp3) is 0.478. The highest BCUT2D eigenvalue weighted by Gasteiger charge is 2.43. The lowest BCUT2D eigenvalue weighted by molar-refractivity contribution is -0.0846. The average Bonchev–Trinajstić information content (AvgIpc) is 2.70. The number of likely N-dealkylation sites (tertiary alicyclic amines) is 1. The number of nitrogens with zero attached hydrogens (tertiary/aromatic N) is 3. The summed E-state index contributed by atoms with van der Waals surface area (Å²) in [4.78, 5) is 19.9. The molecule has 3 N–H and O–H groups in total. The van der Waals surface area contributed by atoms with Gasteiger partial charge in [0.1, 0.15) is 5.82 Å². The van der Waals surface area contributed by atoms with Crippen molar-refractivity contribution in [3.63, 3.8) is 0 Å². The van der Waals surface area contributed by atoms with Crippen LogP contribution in [0.1, 0.15) is 34.3 Å². The second kappa shape index (κ2) is 9.64. The third-order valence-corrected chi connectivity index (χ3v) is 5.90. The number of hydrogen-bond acceptors (Lipinski definition) is 5. The molecule has 1 aliphatic rings. The molecular weight excluding hydrogens is 383 g/mol. The predicted molar refractivity (Wildman–Crippen MR) is 114 cm³/mol. The summed E-state index contributed by atoms with van der Waals surface area (Å²) < 4.78 is 13.3. The van der Waals surface area contributed by atoms with Gasteiger partial charge in [0.15, 0.2) is 0 Å². The standard InChI is InChI=1S/C23H31FN4O2/c1-27(2)15-20-16-28(9-4-5-17-11-21(24)14-26-13-17)10-8-23(20,30)19-7-3-6-18(12-19)22(25)29/h3,6-7,11-14,20,30H,4-5,8-10,15-16H2,1-2H3,(H2,25,29)/t20-,23-/m1/s1. The number of aryl methyl sites for hydroxylation is 1. The number of amides is 1. The van der Waals surface area contributed by atoms with E-state index in [1.54, 1.807) is 24.4 Å². The molecule has 30 heavy (non-hydrogen) atoms. The third-order valence-electron chi connectivity index (χ3n) is 5.90. The summed E-state index contributed by atoms with van der Waals surface area (Å²) in [6.07, 6.45) is 5.17. The van der Waals surface area contributed by atoms with Crippen molar-refractivity contribution in [1.29, 1.82) is 0 Å². The van der Waals surface area contributed by atoms with E-state index in [0.717, 1.165) is 50.1 Å². The Kier molecular flexibility index (Phi) is 7.18. The molecular formula is C23H31FN4O2. The molecule has 0 bridgehead atoms. The molecule has 7 heteroatoms. The SMILES string of the molecule is CN(C)C[C@@H]1CN(CCCc2cncc(F)c2)CC[C@@]1(O)c1cccc(C(N)=O)c1. The first-order chi connectivity index (χ1) is 14.3. The number of rotatable bonds is 8. The lowest BCUT2D eigenvalue weighted by Crippen LogP contribution is -2.53. The summed E-state index contributed by atoms with van der Waals surface area (Å²) in [5.41, 5.74) is 6.48. The van der Waals surface area contributed by atoms with Crippen LogP contribution in [0.2, 0.25) is 0 Å². The van der Waals surface area contributed by atoms with E-state index < -0.39 is 11.5 Å². The molecule has 0 aliphatic carbocycles. The lowest BCUT2D eigenvalue weighted by Gasteiger charge is -2.46. The van der Waals surface area contributed by atoms with Gasteiger partial charge in [-0.3, -0.25) is 9.78 Å². The Morgan fingerprint density at radius 2 is 2.17 bits per heavy atom. The van der Waals surface area contributed by atoms with Gasteiger partial charge in [-0.15, -0.1) is 0 Å². The normalized spacial score (nSPS) is 22.4. The highest BCUT2D eigenvalue weighted by atomic mass is 19.1. The number of pyridine rings is 1. The van der Waals surface area contributed by atoms with E-state index in [9.17, 15) is 14.3 Å². The smallest absolute Gasteiger partial charge is 0.248 e. The highest BCUT2D eigenvalue weighted by molar-refractivity contribution is 5.92. The van der Waals surface area contributed by atoms with Crippen LogP contribution in [0, 0.1) is 11.7 Å². The van der Waals surface area contributed by atoms with Crippen molar-refractivity contribution in [1.82, 2.24) is 14.8 Å². The van der Waals surface area contributed by atoms with Crippen molar-refractivity contribution in [3.05, 3.63) is 65.2 Å². The molecule has 1 aromatic carbocycles. The molecule has 1 fully saturated rings. The zero-order valence-electron chi connectivity index (χ0n) is 17.7. The summed E-state index contributed by atoms with van der Waals surface area (Å²) in [7, 11) is 3.99. The van der Waals surface area contributed by atoms with Crippen LogP contribution in [0.3, 0.4) is 0 Å². The molecule has 162 valence electrons. The minimum Gasteiger partial charge on any atom is -0.385 e. The zero-order chi connectivity index (χ0) is 21.7. The van der Waals surface area contributed by atoms with Crippen LogP contribution in [0.5, 0.6) is 0 Å². The van der Waals surface area contributed by atoms with Crippen molar-refractivity contribution in [2.75, 3.05) is 40.3 Å². The maximum atomic E-state index is 13.3. The molecule has 6 nitrogen and oxygen atoms in total. The zero-order valence-corrected chi connectivity index (χ0v) is 17.7. The van der Waals surface area contributed by atoms with Gasteiger partial charge < -0.3 is 20.6 Å². The summed E-state index contributed by atoms with van der Waals surface area (Å²) >= 11 is 0. The molecule has 1 aromatic heterocycles. The molecule has 2 heterocycles. The van der Waals surface area contributed by atoms with Gasteiger partial charge in [0.25, 0.3) is 0 Å². The fourth-order valence-corrected chi connectivity index (χ4v) is 4.36. The molecule has 2 atom stereocenters. The summed E-state index contributed by atoms with van der Waals surface area (Å²) in [6.45, 7) is 3.10. The van der Waals surface area contributed by atoms with Crippen LogP contribution in [0.25, 0.3) is 0 Å². The maximum Gasteiger partial charge on any atom is 0.248 e. The van der Waals surface area contributed by atoms with Crippen LogP contribution in [-0.4, -0.2) is 66.1 Å². The summed E-state index contributed by atoms with van der Waals surface area (Å²) in [5.74, 6) is -0.811. The predicted octanol–water partition coefficient (Wildman–Crippen LogP) is 2.02. The van der Waals surface area contributed by atoms with Gasteiger partial charge in [0, 0.05) is 37.3 Å². The number of aliphatic hydroxyl groups is 1. The van der Waals surface area contributed by atoms with E-state index in [1.807, 2.05) is 20.2 Å². The number of primary amides is 1. The summed E-state index contributed by atoms with van der Waals surface area (Å²) in [5, 5.41) is 11.7. The van der Waals surface area contributed by atoms with Crippen molar-refractivity contribution in [2.24, 2.45) is 11.7 Å². The fourth-order valence-electron chi connectivity index (χ4n) is 4.36. The molecule has 0 saturated carbocycles. The average molecular weight is 415 g/mol. The van der Waals surface area contributed by atoms with Crippen LogP contribution < -0.4 is 5.73 Å². The van der Waals surface area contributed by atoms with Crippen molar-refractivity contribution >= 4 is 5.91 Å². The second-order valence-electron chi connectivity index (χ2n) is 8.49. The molecule has 1 saturated heterocycles.